The number of carbonyl (C=O) groups is 1. The normalized spacial score (nSPS) is 12.4. The second-order valence-electron chi connectivity index (χ2n) is 4.28. The van der Waals surface area contributed by atoms with Gasteiger partial charge in [0.25, 0.3) is 0 Å². The standard InChI is InChI=1S/C14H16N2O/c1-10-9-11(2)16(15-10)12(3)14(17)13-7-5-4-6-8-13/h4-9,12H,1-3H3. The molecule has 0 aliphatic rings. The monoisotopic (exact) mass is 228 g/mol. The molecule has 1 aromatic carbocycles. The lowest BCUT2D eigenvalue weighted by Gasteiger charge is -2.13. The van der Waals surface area contributed by atoms with Gasteiger partial charge < -0.3 is 0 Å². The molecule has 0 bridgehead atoms. The number of aromatic nitrogens is 2. The van der Waals surface area contributed by atoms with Crippen LogP contribution in [-0.2, 0) is 0 Å². The second kappa shape index (κ2) is 4.53. The van der Waals surface area contributed by atoms with Crippen LogP contribution in [0.25, 0.3) is 0 Å². The Kier molecular flexibility index (Phi) is 3.09. The molecule has 0 N–H and O–H groups in total. The number of benzene rings is 1. The van der Waals surface area contributed by atoms with Gasteiger partial charge in [0.2, 0.25) is 0 Å². The highest BCUT2D eigenvalue weighted by Crippen LogP contribution is 2.16. The number of Topliss-reactive ketones (excluding diaryl/α,β-unsaturated/α-hetero) is 1. The van der Waals surface area contributed by atoms with E-state index >= 15 is 0 Å². The molecular weight excluding hydrogens is 212 g/mol. The van der Waals surface area contributed by atoms with Crippen LogP contribution in [0, 0.1) is 13.8 Å². The van der Waals surface area contributed by atoms with Crippen LogP contribution in [0.1, 0.15) is 34.7 Å². The molecule has 0 radical (unpaired) electrons. The SMILES string of the molecule is Cc1cc(C)n(C(C)C(=O)c2ccccc2)n1. The summed E-state index contributed by atoms with van der Waals surface area (Å²) in [4.78, 5) is 12.2. The minimum atomic E-state index is -0.258. The van der Waals surface area contributed by atoms with E-state index in [2.05, 4.69) is 5.10 Å². The van der Waals surface area contributed by atoms with Gasteiger partial charge in [-0.1, -0.05) is 30.3 Å². The Hall–Kier alpha value is -1.90. The fourth-order valence-electron chi connectivity index (χ4n) is 1.99. The average molecular weight is 228 g/mol. The molecular formula is C14H16N2O. The van der Waals surface area contributed by atoms with Crippen LogP contribution >= 0.6 is 0 Å². The predicted octanol–water partition coefficient (Wildman–Crippen LogP) is 2.94. The molecule has 0 spiro atoms. The molecule has 3 nitrogen and oxygen atoms in total. The Bertz CT molecular complexity index is 528. The number of aryl methyl sites for hydroxylation is 2. The van der Waals surface area contributed by atoms with Crippen LogP contribution in [0.4, 0.5) is 0 Å². The molecule has 0 aliphatic heterocycles. The molecule has 1 unspecified atom stereocenters. The van der Waals surface area contributed by atoms with Crippen molar-refractivity contribution >= 4 is 5.78 Å². The summed E-state index contributed by atoms with van der Waals surface area (Å²) in [6, 6.07) is 11.1. The zero-order valence-corrected chi connectivity index (χ0v) is 10.3. The van der Waals surface area contributed by atoms with E-state index in [0.717, 1.165) is 17.0 Å². The molecule has 0 fully saturated rings. The van der Waals surface area contributed by atoms with Gasteiger partial charge in [0.1, 0.15) is 6.04 Å². The lowest BCUT2D eigenvalue weighted by atomic mass is 10.1. The van der Waals surface area contributed by atoms with E-state index < -0.39 is 0 Å². The van der Waals surface area contributed by atoms with Crippen molar-refractivity contribution in [3.05, 3.63) is 53.3 Å². The average Bonchev–Trinajstić information content (AvgIpc) is 2.68. The lowest BCUT2D eigenvalue weighted by molar-refractivity contribution is 0.0926. The Balaban J connectivity index is 2.30. The summed E-state index contributed by atoms with van der Waals surface area (Å²) in [5, 5.41) is 4.35. The third kappa shape index (κ3) is 2.28. The third-order valence-corrected chi connectivity index (χ3v) is 2.85. The highest BCUT2D eigenvalue weighted by molar-refractivity contribution is 5.98. The molecule has 88 valence electrons. The third-order valence-electron chi connectivity index (χ3n) is 2.85. The van der Waals surface area contributed by atoms with Crippen molar-refractivity contribution in [3.8, 4) is 0 Å². The number of hydrogen-bond acceptors (Lipinski definition) is 2. The summed E-state index contributed by atoms with van der Waals surface area (Å²) in [5.41, 5.74) is 2.68. The van der Waals surface area contributed by atoms with Gasteiger partial charge in [0.05, 0.1) is 5.69 Å². The predicted molar refractivity (Wildman–Crippen MR) is 67.2 cm³/mol. The smallest absolute Gasteiger partial charge is 0.187 e. The van der Waals surface area contributed by atoms with E-state index in [-0.39, 0.29) is 11.8 Å². The topological polar surface area (TPSA) is 34.9 Å². The van der Waals surface area contributed by atoms with Crippen LogP contribution in [0.2, 0.25) is 0 Å². The first-order valence-corrected chi connectivity index (χ1v) is 5.71. The van der Waals surface area contributed by atoms with E-state index in [1.54, 1.807) is 4.68 Å². The van der Waals surface area contributed by atoms with Gasteiger partial charge in [-0.25, -0.2) is 0 Å². The van der Waals surface area contributed by atoms with Crippen molar-refractivity contribution in [1.29, 1.82) is 0 Å². The van der Waals surface area contributed by atoms with Crippen LogP contribution in [-0.4, -0.2) is 15.6 Å². The van der Waals surface area contributed by atoms with Crippen molar-refractivity contribution in [2.24, 2.45) is 0 Å². The molecule has 0 saturated carbocycles. The first-order valence-electron chi connectivity index (χ1n) is 5.71. The maximum absolute atomic E-state index is 12.2. The van der Waals surface area contributed by atoms with Gasteiger partial charge in [0, 0.05) is 11.3 Å². The Morgan fingerprint density at radius 1 is 1.24 bits per heavy atom. The molecule has 1 aromatic heterocycles. The minimum Gasteiger partial charge on any atom is -0.292 e. The van der Waals surface area contributed by atoms with Gasteiger partial charge in [-0.2, -0.15) is 5.10 Å². The van der Waals surface area contributed by atoms with Gasteiger partial charge in [-0.3, -0.25) is 9.48 Å². The van der Waals surface area contributed by atoms with Crippen LogP contribution in [0.15, 0.2) is 36.4 Å². The van der Waals surface area contributed by atoms with Crippen LogP contribution in [0.3, 0.4) is 0 Å². The van der Waals surface area contributed by atoms with Gasteiger partial charge in [-0.15, -0.1) is 0 Å². The van der Waals surface area contributed by atoms with Crippen molar-refractivity contribution in [3.63, 3.8) is 0 Å². The van der Waals surface area contributed by atoms with Crippen molar-refractivity contribution in [2.45, 2.75) is 26.8 Å². The first kappa shape index (κ1) is 11.6. The van der Waals surface area contributed by atoms with E-state index in [1.807, 2.05) is 57.2 Å². The maximum atomic E-state index is 12.2. The van der Waals surface area contributed by atoms with E-state index in [1.165, 1.54) is 0 Å². The molecule has 3 heteroatoms. The highest BCUT2D eigenvalue weighted by atomic mass is 16.1. The number of hydrogen-bond donors (Lipinski definition) is 0. The summed E-state index contributed by atoms with van der Waals surface area (Å²) in [6.07, 6.45) is 0. The maximum Gasteiger partial charge on any atom is 0.187 e. The number of ketones is 1. The van der Waals surface area contributed by atoms with Crippen LogP contribution in [0.5, 0.6) is 0 Å². The summed E-state index contributed by atoms with van der Waals surface area (Å²) < 4.78 is 1.78. The highest BCUT2D eigenvalue weighted by Gasteiger charge is 2.18. The molecule has 0 saturated heterocycles. The first-order chi connectivity index (χ1) is 8.09. The van der Waals surface area contributed by atoms with E-state index in [4.69, 9.17) is 0 Å². The fourth-order valence-corrected chi connectivity index (χ4v) is 1.99. The molecule has 2 aromatic rings. The summed E-state index contributed by atoms with van der Waals surface area (Å²) >= 11 is 0. The summed E-state index contributed by atoms with van der Waals surface area (Å²) in [5.74, 6) is 0.0943. The summed E-state index contributed by atoms with van der Waals surface area (Å²) in [7, 11) is 0. The van der Waals surface area contributed by atoms with Gasteiger partial charge in [0.15, 0.2) is 5.78 Å². The van der Waals surface area contributed by atoms with Crippen LogP contribution < -0.4 is 0 Å². The van der Waals surface area contributed by atoms with E-state index in [0.29, 0.717) is 0 Å². The Labute approximate surface area is 101 Å². The zero-order valence-electron chi connectivity index (χ0n) is 10.3. The largest absolute Gasteiger partial charge is 0.292 e. The molecule has 2 rings (SSSR count). The number of carbonyl (C=O) groups excluding carboxylic acids is 1. The number of rotatable bonds is 3. The molecule has 1 atom stereocenters. The number of nitrogens with zero attached hydrogens (tertiary/aromatic N) is 2. The van der Waals surface area contributed by atoms with Crippen molar-refractivity contribution in [2.75, 3.05) is 0 Å². The fraction of sp³-hybridized carbons (Fsp3) is 0.286. The van der Waals surface area contributed by atoms with Gasteiger partial charge in [-0.05, 0) is 26.8 Å². The quantitative estimate of drug-likeness (QED) is 0.757. The van der Waals surface area contributed by atoms with Crippen molar-refractivity contribution < 1.29 is 4.79 Å². The summed E-state index contributed by atoms with van der Waals surface area (Å²) in [6.45, 7) is 5.78. The zero-order chi connectivity index (χ0) is 12.4. The van der Waals surface area contributed by atoms with Gasteiger partial charge >= 0.3 is 0 Å². The Morgan fingerprint density at radius 3 is 2.41 bits per heavy atom. The Morgan fingerprint density at radius 2 is 1.88 bits per heavy atom. The van der Waals surface area contributed by atoms with E-state index in [9.17, 15) is 4.79 Å². The molecule has 0 aliphatic carbocycles. The lowest BCUT2D eigenvalue weighted by Crippen LogP contribution is -2.19. The molecule has 17 heavy (non-hydrogen) atoms. The minimum absolute atomic E-state index is 0.0943. The molecule has 0 amide bonds. The second-order valence-corrected chi connectivity index (χ2v) is 4.28. The molecule has 1 heterocycles. The van der Waals surface area contributed by atoms with Crippen molar-refractivity contribution in [1.82, 2.24) is 9.78 Å².